The van der Waals surface area contributed by atoms with E-state index in [9.17, 15) is 13.2 Å². The van der Waals surface area contributed by atoms with Crippen LogP contribution in [-0.2, 0) is 14.8 Å². The molecule has 0 heterocycles. The van der Waals surface area contributed by atoms with Crippen molar-refractivity contribution in [2.45, 2.75) is 33.2 Å². The summed E-state index contributed by atoms with van der Waals surface area (Å²) in [5, 5.41) is 5.71. The standard InChI is InChI=1S/C11H25N3O3S/c1-9(2)6-13-10(15)7-12-8-11(3,4)14-18(5,16)17/h9,12,14H,6-8H2,1-5H3,(H,13,15). The maximum atomic E-state index is 11.4. The van der Waals surface area contributed by atoms with E-state index in [1.165, 1.54) is 0 Å². The molecule has 1 amide bonds. The highest BCUT2D eigenvalue weighted by molar-refractivity contribution is 7.88. The Labute approximate surface area is 110 Å². The van der Waals surface area contributed by atoms with E-state index in [4.69, 9.17) is 0 Å². The second-order valence-electron chi connectivity index (χ2n) is 5.56. The first kappa shape index (κ1) is 17.3. The Morgan fingerprint density at radius 2 is 1.83 bits per heavy atom. The van der Waals surface area contributed by atoms with Gasteiger partial charge in [-0.15, -0.1) is 0 Å². The van der Waals surface area contributed by atoms with Gasteiger partial charge in [-0.2, -0.15) is 0 Å². The molecule has 0 saturated carbocycles. The van der Waals surface area contributed by atoms with Crippen LogP contribution < -0.4 is 15.4 Å². The molecule has 7 heteroatoms. The fourth-order valence-electron chi connectivity index (χ4n) is 1.41. The molecule has 0 aliphatic rings. The molecular formula is C11H25N3O3S. The Kier molecular flexibility index (Phi) is 6.80. The Hall–Kier alpha value is -0.660. The van der Waals surface area contributed by atoms with E-state index < -0.39 is 15.6 Å². The van der Waals surface area contributed by atoms with Crippen molar-refractivity contribution >= 4 is 15.9 Å². The minimum absolute atomic E-state index is 0.0844. The van der Waals surface area contributed by atoms with Gasteiger partial charge in [-0.1, -0.05) is 13.8 Å². The van der Waals surface area contributed by atoms with Crippen molar-refractivity contribution in [3.05, 3.63) is 0 Å². The maximum absolute atomic E-state index is 11.4. The van der Waals surface area contributed by atoms with Crippen LogP contribution in [0.5, 0.6) is 0 Å². The van der Waals surface area contributed by atoms with Crippen LogP contribution in [0, 0.1) is 5.92 Å². The number of hydrogen-bond acceptors (Lipinski definition) is 4. The van der Waals surface area contributed by atoms with Crippen LogP contribution in [0.3, 0.4) is 0 Å². The summed E-state index contributed by atoms with van der Waals surface area (Å²) >= 11 is 0. The predicted molar refractivity (Wildman–Crippen MR) is 72.8 cm³/mol. The second kappa shape index (κ2) is 7.06. The second-order valence-corrected chi connectivity index (χ2v) is 7.31. The van der Waals surface area contributed by atoms with Gasteiger partial charge >= 0.3 is 0 Å². The maximum Gasteiger partial charge on any atom is 0.233 e. The lowest BCUT2D eigenvalue weighted by molar-refractivity contribution is -0.120. The van der Waals surface area contributed by atoms with Crippen molar-refractivity contribution in [3.63, 3.8) is 0 Å². The number of nitrogens with one attached hydrogen (secondary N) is 3. The van der Waals surface area contributed by atoms with Gasteiger partial charge in [0.1, 0.15) is 0 Å². The zero-order chi connectivity index (χ0) is 14.4. The van der Waals surface area contributed by atoms with Gasteiger partial charge in [0.25, 0.3) is 0 Å². The molecule has 0 fully saturated rings. The minimum atomic E-state index is -3.24. The normalized spacial score (nSPS) is 12.8. The van der Waals surface area contributed by atoms with Gasteiger partial charge in [0, 0.05) is 18.6 Å². The zero-order valence-corrected chi connectivity index (χ0v) is 12.6. The largest absolute Gasteiger partial charge is 0.355 e. The molecule has 18 heavy (non-hydrogen) atoms. The van der Waals surface area contributed by atoms with Gasteiger partial charge in [0.05, 0.1) is 12.8 Å². The van der Waals surface area contributed by atoms with Gasteiger partial charge in [0.2, 0.25) is 15.9 Å². The summed E-state index contributed by atoms with van der Waals surface area (Å²) in [5.74, 6) is 0.330. The third kappa shape index (κ3) is 10.5. The van der Waals surface area contributed by atoms with Gasteiger partial charge in [0.15, 0.2) is 0 Å². The number of carbonyl (C=O) groups is 1. The van der Waals surface area contributed by atoms with E-state index in [1.807, 2.05) is 13.8 Å². The highest BCUT2D eigenvalue weighted by atomic mass is 32.2. The molecule has 0 spiro atoms. The lowest BCUT2D eigenvalue weighted by Gasteiger charge is -2.25. The van der Waals surface area contributed by atoms with E-state index in [0.29, 0.717) is 19.0 Å². The third-order valence-corrected chi connectivity index (χ3v) is 2.95. The Morgan fingerprint density at radius 3 is 2.28 bits per heavy atom. The average molecular weight is 279 g/mol. The fraction of sp³-hybridized carbons (Fsp3) is 0.909. The molecular weight excluding hydrogens is 254 g/mol. The van der Waals surface area contributed by atoms with Crippen LogP contribution in [-0.4, -0.2) is 45.8 Å². The summed E-state index contributed by atoms with van der Waals surface area (Å²) in [4.78, 5) is 11.4. The van der Waals surface area contributed by atoms with Gasteiger partial charge in [-0.05, 0) is 19.8 Å². The molecule has 0 aromatic heterocycles. The monoisotopic (exact) mass is 279 g/mol. The Balaban J connectivity index is 3.93. The van der Waals surface area contributed by atoms with Crippen LogP contribution in [0.1, 0.15) is 27.7 Å². The van der Waals surface area contributed by atoms with E-state index in [0.717, 1.165) is 6.26 Å². The fourth-order valence-corrected chi connectivity index (χ4v) is 2.48. The molecule has 0 saturated heterocycles. The van der Waals surface area contributed by atoms with Crippen LogP contribution in [0.2, 0.25) is 0 Å². The Morgan fingerprint density at radius 1 is 1.28 bits per heavy atom. The van der Waals surface area contributed by atoms with Gasteiger partial charge in [-0.3, -0.25) is 4.79 Å². The van der Waals surface area contributed by atoms with Gasteiger partial charge in [-0.25, -0.2) is 13.1 Å². The molecule has 0 aliphatic carbocycles. The first-order chi connectivity index (χ1) is 8.02. The number of amides is 1. The van der Waals surface area contributed by atoms with Crippen molar-refractivity contribution in [2.75, 3.05) is 25.9 Å². The third-order valence-electron chi connectivity index (χ3n) is 2.02. The predicted octanol–water partition coefficient (Wildman–Crippen LogP) is -0.324. The molecule has 0 radical (unpaired) electrons. The smallest absolute Gasteiger partial charge is 0.233 e. The van der Waals surface area contributed by atoms with E-state index in [1.54, 1.807) is 13.8 Å². The van der Waals surface area contributed by atoms with Crippen LogP contribution in [0.15, 0.2) is 0 Å². The molecule has 0 rings (SSSR count). The highest BCUT2D eigenvalue weighted by Gasteiger charge is 2.21. The topological polar surface area (TPSA) is 87.3 Å². The average Bonchev–Trinajstić information content (AvgIpc) is 2.10. The molecule has 0 aromatic carbocycles. The first-order valence-corrected chi connectivity index (χ1v) is 7.87. The summed E-state index contributed by atoms with van der Waals surface area (Å²) < 4.78 is 24.7. The molecule has 0 bridgehead atoms. The number of carbonyl (C=O) groups excluding carboxylic acids is 1. The molecule has 6 nitrogen and oxygen atoms in total. The Bertz CT molecular complexity index is 364. The zero-order valence-electron chi connectivity index (χ0n) is 11.8. The van der Waals surface area contributed by atoms with Crippen molar-refractivity contribution < 1.29 is 13.2 Å². The lowest BCUT2D eigenvalue weighted by Crippen LogP contribution is -2.51. The summed E-state index contributed by atoms with van der Waals surface area (Å²) in [6, 6.07) is 0. The minimum Gasteiger partial charge on any atom is -0.355 e. The van der Waals surface area contributed by atoms with Crippen molar-refractivity contribution in [1.29, 1.82) is 0 Å². The van der Waals surface area contributed by atoms with Gasteiger partial charge < -0.3 is 10.6 Å². The van der Waals surface area contributed by atoms with Crippen LogP contribution in [0.25, 0.3) is 0 Å². The summed E-state index contributed by atoms with van der Waals surface area (Å²) in [5.41, 5.74) is -0.619. The quantitative estimate of drug-likeness (QED) is 0.568. The van der Waals surface area contributed by atoms with E-state index in [-0.39, 0.29) is 12.5 Å². The number of hydrogen-bond donors (Lipinski definition) is 3. The molecule has 0 atom stereocenters. The molecule has 0 aromatic rings. The van der Waals surface area contributed by atoms with Crippen molar-refractivity contribution in [3.8, 4) is 0 Å². The molecule has 0 aliphatic heterocycles. The van der Waals surface area contributed by atoms with Crippen LogP contribution in [0.4, 0.5) is 0 Å². The van der Waals surface area contributed by atoms with Crippen molar-refractivity contribution in [1.82, 2.24) is 15.4 Å². The van der Waals surface area contributed by atoms with Crippen LogP contribution >= 0.6 is 0 Å². The molecule has 3 N–H and O–H groups in total. The number of rotatable bonds is 8. The SMILES string of the molecule is CC(C)CNC(=O)CNCC(C)(C)NS(C)(=O)=O. The molecule has 108 valence electrons. The summed E-state index contributed by atoms with van der Waals surface area (Å²) in [7, 11) is -3.24. The first-order valence-electron chi connectivity index (χ1n) is 5.98. The van der Waals surface area contributed by atoms with E-state index in [2.05, 4.69) is 15.4 Å². The summed E-state index contributed by atoms with van der Waals surface area (Å²) in [6.07, 6.45) is 1.12. The van der Waals surface area contributed by atoms with Crippen molar-refractivity contribution in [2.24, 2.45) is 5.92 Å². The molecule has 0 unspecified atom stereocenters. The highest BCUT2D eigenvalue weighted by Crippen LogP contribution is 2.01. The number of sulfonamides is 1. The summed E-state index contributed by atoms with van der Waals surface area (Å²) in [6.45, 7) is 8.77. The van der Waals surface area contributed by atoms with E-state index >= 15 is 0 Å². The lowest BCUT2D eigenvalue weighted by atomic mass is 10.1.